The number of carbonyl (C=O) groups excluding carboxylic acids is 3. The standard InChI is InChI=1S/C24H29N5O5/c1-16(15-34-2)26-14-22(30)27-20-11-7-18(8-12-20)4-3-17-5-9-19(10-6-17)23(31)28-21(13-25)24(32)29-33/h5-12,16,21,26,33H,13-15,25H2,1-2H3,(H,27,30)(H,28,31)(H,29,32)/t16?,21-/m0/s1. The number of hydrogen-bond acceptors (Lipinski definition) is 7. The molecule has 2 aromatic rings. The van der Waals surface area contributed by atoms with Crippen LogP contribution < -0.4 is 27.2 Å². The molecule has 0 spiro atoms. The van der Waals surface area contributed by atoms with E-state index in [1.165, 1.54) is 5.48 Å². The Bertz CT molecular complexity index is 1030. The molecule has 180 valence electrons. The topological polar surface area (TPSA) is 155 Å². The van der Waals surface area contributed by atoms with Gasteiger partial charge in [0.25, 0.3) is 11.8 Å². The molecule has 0 aliphatic heterocycles. The van der Waals surface area contributed by atoms with E-state index in [0.29, 0.717) is 23.4 Å². The summed E-state index contributed by atoms with van der Waals surface area (Å²) in [6.45, 7) is 2.48. The van der Waals surface area contributed by atoms with E-state index in [9.17, 15) is 14.4 Å². The van der Waals surface area contributed by atoms with Crippen LogP contribution in [0.25, 0.3) is 0 Å². The van der Waals surface area contributed by atoms with Gasteiger partial charge in [0.15, 0.2) is 0 Å². The van der Waals surface area contributed by atoms with Gasteiger partial charge in [-0.2, -0.15) is 0 Å². The minimum atomic E-state index is -1.04. The average Bonchev–Trinajstić information content (AvgIpc) is 2.85. The first-order chi connectivity index (χ1) is 16.4. The van der Waals surface area contributed by atoms with Gasteiger partial charge in [0.2, 0.25) is 5.91 Å². The van der Waals surface area contributed by atoms with Gasteiger partial charge in [0.05, 0.1) is 13.2 Å². The van der Waals surface area contributed by atoms with Crippen molar-refractivity contribution in [2.75, 3.05) is 32.1 Å². The van der Waals surface area contributed by atoms with E-state index < -0.39 is 17.9 Å². The molecule has 0 aliphatic carbocycles. The highest BCUT2D eigenvalue weighted by Gasteiger charge is 2.19. The van der Waals surface area contributed by atoms with Gasteiger partial charge in [0, 0.05) is 42.1 Å². The Kier molecular flexibility index (Phi) is 10.7. The van der Waals surface area contributed by atoms with Crippen LogP contribution in [0.15, 0.2) is 48.5 Å². The fourth-order valence-corrected chi connectivity index (χ4v) is 2.82. The van der Waals surface area contributed by atoms with Crippen molar-refractivity contribution in [2.45, 2.75) is 19.0 Å². The fraction of sp³-hybridized carbons (Fsp3) is 0.292. The van der Waals surface area contributed by atoms with Crippen LogP contribution in [0.1, 0.15) is 28.4 Å². The molecule has 0 saturated carbocycles. The lowest BCUT2D eigenvalue weighted by atomic mass is 10.1. The van der Waals surface area contributed by atoms with Gasteiger partial charge in [0.1, 0.15) is 6.04 Å². The van der Waals surface area contributed by atoms with Crippen LogP contribution in [-0.4, -0.2) is 61.8 Å². The highest BCUT2D eigenvalue weighted by molar-refractivity contribution is 5.97. The molecule has 10 nitrogen and oxygen atoms in total. The number of rotatable bonds is 10. The third-order valence-electron chi connectivity index (χ3n) is 4.66. The molecule has 1 unspecified atom stereocenters. The van der Waals surface area contributed by atoms with Crippen molar-refractivity contribution >= 4 is 23.4 Å². The lowest BCUT2D eigenvalue weighted by molar-refractivity contribution is -0.130. The van der Waals surface area contributed by atoms with Crippen LogP contribution in [0.5, 0.6) is 0 Å². The number of nitrogens with two attached hydrogens (primary N) is 1. The summed E-state index contributed by atoms with van der Waals surface area (Å²) in [6, 6.07) is 12.7. The number of benzene rings is 2. The first-order valence-electron chi connectivity index (χ1n) is 10.6. The lowest BCUT2D eigenvalue weighted by Gasteiger charge is -2.14. The summed E-state index contributed by atoms with van der Waals surface area (Å²) in [6.07, 6.45) is 0. The third kappa shape index (κ3) is 8.65. The van der Waals surface area contributed by atoms with Gasteiger partial charge in [-0.1, -0.05) is 11.8 Å². The van der Waals surface area contributed by atoms with Crippen molar-refractivity contribution in [3.63, 3.8) is 0 Å². The number of anilines is 1. The van der Waals surface area contributed by atoms with Crippen molar-refractivity contribution in [2.24, 2.45) is 5.73 Å². The molecule has 0 aromatic heterocycles. The van der Waals surface area contributed by atoms with Gasteiger partial charge >= 0.3 is 0 Å². The smallest absolute Gasteiger partial charge is 0.267 e. The number of ether oxygens (including phenoxy) is 1. The summed E-state index contributed by atoms with van der Waals surface area (Å²) in [5.41, 5.74) is 9.32. The van der Waals surface area contributed by atoms with E-state index in [4.69, 9.17) is 15.7 Å². The Morgan fingerprint density at radius 3 is 2.15 bits per heavy atom. The summed E-state index contributed by atoms with van der Waals surface area (Å²) in [4.78, 5) is 35.7. The Morgan fingerprint density at radius 1 is 1.03 bits per heavy atom. The van der Waals surface area contributed by atoms with Crippen molar-refractivity contribution in [1.82, 2.24) is 16.1 Å². The Labute approximate surface area is 198 Å². The van der Waals surface area contributed by atoms with E-state index in [1.54, 1.807) is 55.6 Å². The minimum Gasteiger partial charge on any atom is -0.383 e. The highest BCUT2D eigenvalue weighted by atomic mass is 16.5. The summed E-state index contributed by atoms with van der Waals surface area (Å²) in [5, 5.41) is 17.0. The van der Waals surface area contributed by atoms with Crippen molar-refractivity contribution in [1.29, 1.82) is 0 Å². The van der Waals surface area contributed by atoms with E-state index in [0.717, 1.165) is 5.56 Å². The van der Waals surface area contributed by atoms with Gasteiger partial charge in [-0.15, -0.1) is 0 Å². The van der Waals surface area contributed by atoms with Crippen LogP contribution in [0.4, 0.5) is 5.69 Å². The minimum absolute atomic E-state index is 0.0764. The van der Waals surface area contributed by atoms with Gasteiger partial charge < -0.3 is 26.4 Å². The molecule has 7 N–H and O–H groups in total. The van der Waals surface area contributed by atoms with Crippen molar-refractivity contribution in [3.8, 4) is 11.8 Å². The molecule has 0 bridgehead atoms. The maximum absolute atomic E-state index is 12.2. The van der Waals surface area contributed by atoms with Crippen LogP contribution in [0, 0.1) is 11.8 Å². The maximum Gasteiger partial charge on any atom is 0.267 e. The summed E-state index contributed by atoms with van der Waals surface area (Å²) < 4.78 is 5.02. The maximum atomic E-state index is 12.2. The SMILES string of the molecule is COCC(C)NCC(=O)Nc1ccc(C#Cc2ccc(C(=O)N[C@@H](CN)C(=O)NO)cc2)cc1. The van der Waals surface area contributed by atoms with E-state index in [2.05, 4.69) is 27.8 Å². The van der Waals surface area contributed by atoms with E-state index in [-0.39, 0.29) is 25.0 Å². The molecule has 3 amide bonds. The fourth-order valence-electron chi connectivity index (χ4n) is 2.82. The number of amides is 3. The second-order valence-electron chi connectivity index (χ2n) is 7.43. The number of carbonyl (C=O) groups is 3. The summed E-state index contributed by atoms with van der Waals surface area (Å²) >= 11 is 0. The average molecular weight is 468 g/mol. The van der Waals surface area contributed by atoms with Gasteiger partial charge in [-0.3, -0.25) is 19.6 Å². The van der Waals surface area contributed by atoms with Gasteiger partial charge in [-0.25, -0.2) is 5.48 Å². The molecular weight excluding hydrogens is 438 g/mol. The lowest BCUT2D eigenvalue weighted by Crippen LogP contribution is -2.50. The molecular formula is C24H29N5O5. The van der Waals surface area contributed by atoms with Crippen LogP contribution in [0.3, 0.4) is 0 Å². The first-order valence-corrected chi connectivity index (χ1v) is 10.6. The molecule has 2 atom stereocenters. The number of hydrogen-bond donors (Lipinski definition) is 6. The number of nitrogens with one attached hydrogen (secondary N) is 4. The number of hydroxylamine groups is 1. The van der Waals surface area contributed by atoms with Crippen molar-refractivity contribution < 1.29 is 24.3 Å². The van der Waals surface area contributed by atoms with Crippen LogP contribution in [-0.2, 0) is 14.3 Å². The monoisotopic (exact) mass is 467 g/mol. The Hall–Kier alpha value is -3.75. The second kappa shape index (κ2) is 13.7. The zero-order valence-corrected chi connectivity index (χ0v) is 19.1. The molecule has 0 fully saturated rings. The molecule has 2 aromatic carbocycles. The van der Waals surface area contributed by atoms with Crippen LogP contribution >= 0.6 is 0 Å². The molecule has 0 radical (unpaired) electrons. The molecule has 0 heterocycles. The predicted molar refractivity (Wildman–Crippen MR) is 127 cm³/mol. The molecule has 10 heteroatoms. The van der Waals surface area contributed by atoms with Crippen molar-refractivity contribution in [3.05, 3.63) is 65.2 Å². The van der Waals surface area contributed by atoms with E-state index >= 15 is 0 Å². The normalized spacial score (nSPS) is 12.0. The largest absolute Gasteiger partial charge is 0.383 e. The first kappa shape index (κ1) is 26.5. The van der Waals surface area contributed by atoms with E-state index in [1.807, 2.05) is 6.92 Å². The zero-order valence-electron chi connectivity index (χ0n) is 19.1. The van der Waals surface area contributed by atoms with Crippen LogP contribution in [0.2, 0.25) is 0 Å². The molecule has 34 heavy (non-hydrogen) atoms. The highest BCUT2D eigenvalue weighted by Crippen LogP contribution is 2.09. The zero-order chi connectivity index (χ0) is 24.9. The summed E-state index contributed by atoms with van der Waals surface area (Å²) in [7, 11) is 1.61. The second-order valence-corrected chi connectivity index (χ2v) is 7.43. The van der Waals surface area contributed by atoms with Gasteiger partial charge in [-0.05, 0) is 55.5 Å². The Balaban J connectivity index is 1.91. The predicted octanol–water partition coefficient (Wildman–Crippen LogP) is 0.212. The Morgan fingerprint density at radius 2 is 1.62 bits per heavy atom. The summed E-state index contributed by atoms with van der Waals surface area (Å²) in [5.74, 6) is 4.58. The third-order valence-corrected chi connectivity index (χ3v) is 4.66. The molecule has 0 aliphatic rings. The molecule has 2 rings (SSSR count). The number of methoxy groups -OCH3 is 1. The molecule has 0 saturated heterocycles. The quantitative estimate of drug-likeness (QED) is 0.166.